The van der Waals surface area contributed by atoms with Gasteiger partial charge in [-0.2, -0.15) is 0 Å². The molecule has 0 atom stereocenters. The number of hydrogen-bond donors (Lipinski definition) is 0. The highest BCUT2D eigenvalue weighted by Crippen LogP contribution is 2.10. The fourth-order valence-electron chi connectivity index (χ4n) is 1.42. The maximum atomic E-state index is 12.9. The largest absolute Gasteiger partial charge is 0.298 e. The molecule has 2 aromatic rings. The average molecular weight is 259 g/mol. The Bertz CT molecular complexity index is 636. The topological polar surface area (TPSA) is 17.1 Å². The first kappa shape index (κ1) is 12.3. The van der Waals surface area contributed by atoms with Crippen molar-refractivity contribution in [3.8, 4) is 11.8 Å². The van der Waals surface area contributed by atoms with Crippen molar-refractivity contribution in [3.63, 3.8) is 0 Å². The standard InChI is InChI=1S/C15H8ClFO/c16-14-6-2-11(3-7-14)1-4-12-5-8-15(17)9-13(12)10-18/h2-3,5-10H. The lowest BCUT2D eigenvalue weighted by Crippen LogP contribution is -1.88. The molecule has 0 aliphatic carbocycles. The van der Waals surface area contributed by atoms with E-state index in [4.69, 9.17) is 11.6 Å². The molecule has 0 spiro atoms. The Hall–Kier alpha value is -2.11. The molecule has 0 saturated heterocycles. The molecule has 0 aromatic heterocycles. The van der Waals surface area contributed by atoms with E-state index in [2.05, 4.69) is 11.8 Å². The highest BCUT2D eigenvalue weighted by Gasteiger charge is 2.00. The Morgan fingerprint density at radius 1 is 1.06 bits per heavy atom. The monoisotopic (exact) mass is 258 g/mol. The quantitative estimate of drug-likeness (QED) is 0.563. The number of halogens is 2. The molecular weight excluding hydrogens is 251 g/mol. The Labute approximate surface area is 109 Å². The molecule has 3 heteroatoms. The zero-order valence-electron chi connectivity index (χ0n) is 9.28. The summed E-state index contributed by atoms with van der Waals surface area (Å²) >= 11 is 5.76. The zero-order chi connectivity index (χ0) is 13.0. The Kier molecular flexibility index (Phi) is 3.76. The van der Waals surface area contributed by atoms with E-state index in [1.54, 1.807) is 24.3 Å². The predicted molar refractivity (Wildman–Crippen MR) is 69.2 cm³/mol. The van der Waals surface area contributed by atoms with Crippen molar-refractivity contribution >= 4 is 17.9 Å². The van der Waals surface area contributed by atoms with Crippen LogP contribution < -0.4 is 0 Å². The van der Waals surface area contributed by atoms with Crippen LogP contribution in [0.4, 0.5) is 4.39 Å². The number of aldehydes is 1. The van der Waals surface area contributed by atoms with E-state index in [0.29, 0.717) is 16.9 Å². The van der Waals surface area contributed by atoms with Gasteiger partial charge in [-0.25, -0.2) is 4.39 Å². The van der Waals surface area contributed by atoms with Crippen molar-refractivity contribution in [2.24, 2.45) is 0 Å². The zero-order valence-corrected chi connectivity index (χ0v) is 10.0. The smallest absolute Gasteiger partial charge is 0.151 e. The fraction of sp³-hybridized carbons (Fsp3) is 0. The summed E-state index contributed by atoms with van der Waals surface area (Å²) in [6.45, 7) is 0. The summed E-state index contributed by atoms with van der Waals surface area (Å²) in [5, 5.41) is 0.635. The van der Waals surface area contributed by atoms with Crippen molar-refractivity contribution < 1.29 is 9.18 Å². The molecule has 0 unspecified atom stereocenters. The van der Waals surface area contributed by atoms with Crippen LogP contribution in [0, 0.1) is 17.7 Å². The van der Waals surface area contributed by atoms with Crippen molar-refractivity contribution in [2.75, 3.05) is 0 Å². The van der Waals surface area contributed by atoms with Crippen molar-refractivity contribution in [1.29, 1.82) is 0 Å². The van der Waals surface area contributed by atoms with Crippen LogP contribution >= 0.6 is 11.6 Å². The molecule has 0 radical (unpaired) electrons. The van der Waals surface area contributed by atoms with Crippen LogP contribution in [0.5, 0.6) is 0 Å². The van der Waals surface area contributed by atoms with Gasteiger partial charge in [0, 0.05) is 21.7 Å². The third-order valence-corrected chi connectivity index (χ3v) is 2.58. The van der Waals surface area contributed by atoms with Gasteiger partial charge in [0.25, 0.3) is 0 Å². The van der Waals surface area contributed by atoms with Gasteiger partial charge in [0.15, 0.2) is 6.29 Å². The molecule has 0 aliphatic heterocycles. The molecule has 0 saturated carbocycles. The Morgan fingerprint density at radius 3 is 2.44 bits per heavy atom. The predicted octanol–water partition coefficient (Wildman–Crippen LogP) is 3.69. The molecule has 1 nitrogen and oxygen atoms in total. The lowest BCUT2D eigenvalue weighted by atomic mass is 10.1. The number of rotatable bonds is 1. The van der Waals surface area contributed by atoms with Crippen molar-refractivity contribution in [3.05, 3.63) is 70.0 Å². The minimum atomic E-state index is -0.450. The first-order valence-electron chi connectivity index (χ1n) is 5.21. The second-order valence-corrected chi connectivity index (χ2v) is 4.04. The minimum Gasteiger partial charge on any atom is -0.298 e. The van der Waals surface area contributed by atoms with Crippen LogP contribution in [-0.4, -0.2) is 6.29 Å². The molecule has 0 N–H and O–H groups in total. The van der Waals surface area contributed by atoms with Gasteiger partial charge in [0.1, 0.15) is 5.82 Å². The van der Waals surface area contributed by atoms with Crippen molar-refractivity contribution in [2.45, 2.75) is 0 Å². The van der Waals surface area contributed by atoms with E-state index >= 15 is 0 Å². The van der Waals surface area contributed by atoms with Gasteiger partial charge >= 0.3 is 0 Å². The van der Waals surface area contributed by atoms with Gasteiger partial charge in [-0.3, -0.25) is 4.79 Å². The molecule has 0 aliphatic rings. The van der Waals surface area contributed by atoms with Gasteiger partial charge in [0.05, 0.1) is 0 Å². The fourth-order valence-corrected chi connectivity index (χ4v) is 1.54. The van der Waals surface area contributed by atoms with E-state index in [-0.39, 0.29) is 5.56 Å². The number of carbonyl (C=O) groups is 1. The van der Waals surface area contributed by atoms with Crippen LogP contribution in [0.3, 0.4) is 0 Å². The molecular formula is C15H8ClFO. The number of carbonyl (C=O) groups excluding carboxylic acids is 1. The van der Waals surface area contributed by atoms with Crippen LogP contribution in [0.1, 0.15) is 21.5 Å². The highest BCUT2D eigenvalue weighted by molar-refractivity contribution is 6.30. The van der Waals surface area contributed by atoms with E-state index in [1.165, 1.54) is 18.2 Å². The molecule has 0 bridgehead atoms. The van der Waals surface area contributed by atoms with Gasteiger partial charge < -0.3 is 0 Å². The van der Waals surface area contributed by atoms with E-state index in [9.17, 15) is 9.18 Å². The van der Waals surface area contributed by atoms with E-state index in [0.717, 1.165) is 5.56 Å². The second-order valence-electron chi connectivity index (χ2n) is 3.61. The van der Waals surface area contributed by atoms with Gasteiger partial charge in [-0.05, 0) is 42.5 Å². The summed E-state index contributed by atoms with van der Waals surface area (Å²) in [6.07, 6.45) is 0.592. The van der Waals surface area contributed by atoms with Crippen LogP contribution in [-0.2, 0) is 0 Å². The van der Waals surface area contributed by atoms with Gasteiger partial charge in [-0.1, -0.05) is 23.4 Å². The van der Waals surface area contributed by atoms with Gasteiger partial charge in [-0.15, -0.1) is 0 Å². The molecule has 0 amide bonds. The highest BCUT2D eigenvalue weighted by atomic mass is 35.5. The maximum Gasteiger partial charge on any atom is 0.151 e. The molecule has 18 heavy (non-hydrogen) atoms. The summed E-state index contributed by atoms with van der Waals surface area (Å²) in [6, 6.07) is 11.0. The summed E-state index contributed by atoms with van der Waals surface area (Å²) in [5.41, 5.74) is 1.53. The Balaban J connectivity index is 2.35. The lowest BCUT2D eigenvalue weighted by Gasteiger charge is -1.96. The van der Waals surface area contributed by atoms with E-state index in [1.807, 2.05) is 0 Å². The van der Waals surface area contributed by atoms with Gasteiger partial charge in [0.2, 0.25) is 0 Å². The van der Waals surface area contributed by atoms with Crippen LogP contribution in [0.25, 0.3) is 0 Å². The first-order chi connectivity index (χ1) is 8.69. The summed E-state index contributed by atoms with van der Waals surface area (Å²) < 4.78 is 12.9. The minimum absolute atomic E-state index is 0.247. The SMILES string of the molecule is O=Cc1cc(F)ccc1C#Cc1ccc(Cl)cc1. The maximum absolute atomic E-state index is 12.9. The third kappa shape index (κ3) is 2.97. The Morgan fingerprint density at radius 2 is 1.78 bits per heavy atom. The molecule has 0 fully saturated rings. The average Bonchev–Trinajstić information content (AvgIpc) is 2.39. The lowest BCUT2D eigenvalue weighted by molar-refractivity contribution is 0.112. The third-order valence-electron chi connectivity index (χ3n) is 2.33. The molecule has 88 valence electrons. The molecule has 2 rings (SSSR count). The number of benzene rings is 2. The first-order valence-corrected chi connectivity index (χ1v) is 5.59. The number of hydrogen-bond acceptors (Lipinski definition) is 1. The summed E-state index contributed by atoms with van der Waals surface area (Å²) in [4.78, 5) is 10.8. The van der Waals surface area contributed by atoms with Crippen LogP contribution in [0.15, 0.2) is 42.5 Å². The molecule has 2 aromatic carbocycles. The van der Waals surface area contributed by atoms with E-state index < -0.39 is 5.82 Å². The van der Waals surface area contributed by atoms with Crippen molar-refractivity contribution in [1.82, 2.24) is 0 Å². The molecule has 0 heterocycles. The van der Waals surface area contributed by atoms with Crippen LogP contribution in [0.2, 0.25) is 5.02 Å². The summed E-state index contributed by atoms with van der Waals surface area (Å²) in [5.74, 6) is 5.28. The normalized spacial score (nSPS) is 9.44. The summed E-state index contributed by atoms with van der Waals surface area (Å²) in [7, 11) is 0. The second kappa shape index (κ2) is 5.48.